The first-order chi connectivity index (χ1) is 7.65. The van der Waals surface area contributed by atoms with Gasteiger partial charge in [0.05, 0.1) is 17.0 Å². The number of aromatic amines is 1. The van der Waals surface area contributed by atoms with Gasteiger partial charge < -0.3 is 15.2 Å². The van der Waals surface area contributed by atoms with E-state index in [0.717, 1.165) is 10.9 Å². The van der Waals surface area contributed by atoms with E-state index in [2.05, 4.69) is 4.98 Å². The number of nitrogens with one attached hydrogen (secondary N) is 1. The molecule has 2 aromatic rings. The van der Waals surface area contributed by atoms with Crippen molar-refractivity contribution in [2.24, 2.45) is 0 Å². The Kier molecular flexibility index (Phi) is 3.40. The lowest BCUT2D eigenvalue weighted by Crippen LogP contribution is -2.19. The number of aromatic nitrogens is 1. The molecule has 1 aromatic heterocycles. The lowest BCUT2D eigenvalue weighted by Gasteiger charge is -2.14. The molecule has 2 unspecified atom stereocenters. The summed E-state index contributed by atoms with van der Waals surface area (Å²) in [7, 11) is 0. The van der Waals surface area contributed by atoms with Crippen LogP contribution >= 0.6 is 23.2 Å². The van der Waals surface area contributed by atoms with Gasteiger partial charge in [0, 0.05) is 22.7 Å². The first-order valence-corrected chi connectivity index (χ1v) is 5.74. The van der Waals surface area contributed by atoms with Gasteiger partial charge in [0.1, 0.15) is 6.10 Å². The second-order valence-corrected chi connectivity index (χ2v) is 4.29. The molecule has 0 aliphatic rings. The summed E-state index contributed by atoms with van der Waals surface area (Å²) in [6.45, 7) is 0. The summed E-state index contributed by atoms with van der Waals surface area (Å²) in [6, 6.07) is 5.40. The topological polar surface area (TPSA) is 56.2 Å². The molecule has 0 aliphatic carbocycles. The van der Waals surface area contributed by atoms with Crippen molar-refractivity contribution in [3.05, 3.63) is 35.0 Å². The fraction of sp³-hybridized carbons (Fsp3) is 0.273. The number of fused-ring (bicyclic) bond motifs is 1. The number of aliphatic hydroxyl groups is 2. The summed E-state index contributed by atoms with van der Waals surface area (Å²) in [4.78, 5) is 2.99. The average molecular weight is 260 g/mol. The van der Waals surface area contributed by atoms with Crippen LogP contribution in [0.2, 0.25) is 5.02 Å². The third-order valence-electron chi connectivity index (χ3n) is 2.53. The van der Waals surface area contributed by atoms with Crippen molar-refractivity contribution in [3.8, 4) is 0 Å². The van der Waals surface area contributed by atoms with E-state index in [1.165, 1.54) is 0 Å². The van der Waals surface area contributed by atoms with Gasteiger partial charge >= 0.3 is 0 Å². The van der Waals surface area contributed by atoms with Crippen molar-refractivity contribution in [2.45, 2.75) is 12.2 Å². The molecule has 86 valence electrons. The lowest BCUT2D eigenvalue weighted by atomic mass is 10.0. The minimum Gasteiger partial charge on any atom is -0.389 e. The van der Waals surface area contributed by atoms with E-state index in [9.17, 15) is 10.2 Å². The Labute approximate surface area is 103 Å². The zero-order chi connectivity index (χ0) is 11.7. The van der Waals surface area contributed by atoms with Gasteiger partial charge in [-0.3, -0.25) is 0 Å². The van der Waals surface area contributed by atoms with Crippen LogP contribution < -0.4 is 0 Å². The minimum atomic E-state index is -1.04. The van der Waals surface area contributed by atoms with Crippen molar-refractivity contribution >= 4 is 34.1 Å². The van der Waals surface area contributed by atoms with E-state index in [0.29, 0.717) is 10.6 Å². The number of benzene rings is 1. The Bertz CT molecular complexity index is 498. The highest BCUT2D eigenvalue weighted by atomic mass is 35.5. The van der Waals surface area contributed by atoms with Crippen molar-refractivity contribution in [2.75, 3.05) is 5.88 Å². The lowest BCUT2D eigenvalue weighted by molar-refractivity contribution is 0.0336. The molecular weight excluding hydrogens is 249 g/mol. The standard InChI is InChI=1S/C11H11Cl2NO2/c12-4-9(15)11(16)6-5-14-8-3-1-2-7(13)10(6)8/h1-3,5,9,11,14-16H,4H2. The second-order valence-electron chi connectivity index (χ2n) is 3.57. The molecule has 0 saturated heterocycles. The highest BCUT2D eigenvalue weighted by Crippen LogP contribution is 2.31. The molecule has 16 heavy (non-hydrogen) atoms. The molecule has 0 bridgehead atoms. The maximum absolute atomic E-state index is 9.89. The van der Waals surface area contributed by atoms with Gasteiger partial charge in [0.25, 0.3) is 0 Å². The fourth-order valence-electron chi connectivity index (χ4n) is 1.69. The normalized spacial score (nSPS) is 15.2. The molecule has 3 N–H and O–H groups in total. The van der Waals surface area contributed by atoms with Crippen LogP contribution in [0.1, 0.15) is 11.7 Å². The summed E-state index contributed by atoms with van der Waals surface area (Å²) in [5.41, 5.74) is 1.39. The first-order valence-electron chi connectivity index (χ1n) is 4.82. The number of halogens is 2. The van der Waals surface area contributed by atoms with E-state index in [1.54, 1.807) is 12.3 Å². The molecule has 2 rings (SSSR count). The van der Waals surface area contributed by atoms with Crippen LogP contribution in [0.15, 0.2) is 24.4 Å². The quantitative estimate of drug-likeness (QED) is 0.742. The summed E-state index contributed by atoms with van der Waals surface area (Å²) < 4.78 is 0. The van der Waals surface area contributed by atoms with Gasteiger partial charge in [-0.2, -0.15) is 0 Å². The molecule has 5 heteroatoms. The van der Waals surface area contributed by atoms with Gasteiger partial charge in [0.2, 0.25) is 0 Å². The molecule has 3 nitrogen and oxygen atoms in total. The maximum atomic E-state index is 9.89. The van der Waals surface area contributed by atoms with Gasteiger partial charge in [-0.15, -0.1) is 11.6 Å². The Balaban J connectivity index is 2.53. The summed E-state index contributed by atoms with van der Waals surface area (Å²) in [6.07, 6.45) is -0.403. The number of hydrogen-bond acceptors (Lipinski definition) is 2. The highest BCUT2D eigenvalue weighted by molar-refractivity contribution is 6.35. The third kappa shape index (κ3) is 1.92. The Morgan fingerprint density at radius 1 is 1.31 bits per heavy atom. The molecule has 2 atom stereocenters. The molecular formula is C11H11Cl2NO2. The number of alkyl halides is 1. The van der Waals surface area contributed by atoms with Gasteiger partial charge in [-0.1, -0.05) is 17.7 Å². The van der Waals surface area contributed by atoms with Crippen LogP contribution in [0.25, 0.3) is 10.9 Å². The summed E-state index contributed by atoms with van der Waals surface area (Å²) >= 11 is 11.6. The SMILES string of the molecule is OC(CCl)C(O)c1c[nH]c2cccc(Cl)c12. The zero-order valence-corrected chi connectivity index (χ0v) is 9.83. The predicted molar refractivity (Wildman–Crippen MR) is 65.0 cm³/mol. The van der Waals surface area contributed by atoms with E-state index >= 15 is 0 Å². The molecule has 0 fully saturated rings. The van der Waals surface area contributed by atoms with Crippen molar-refractivity contribution < 1.29 is 10.2 Å². The van der Waals surface area contributed by atoms with Gasteiger partial charge in [0.15, 0.2) is 0 Å². The van der Waals surface area contributed by atoms with Crippen LogP contribution in [0, 0.1) is 0 Å². The van der Waals surface area contributed by atoms with E-state index in [4.69, 9.17) is 23.2 Å². The van der Waals surface area contributed by atoms with Crippen molar-refractivity contribution in [1.29, 1.82) is 0 Å². The molecule has 0 amide bonds. The number of hydrogen-bond donors (Lipinski definition) is 3. The van der Waals surface area contributed by atoms with Crippen LogP contribution in [-0.2, 0) is 0 Å². The molecule has 1 aromatic carbocycles. The summed E-state index contributed by atoms with van der Waals surface area (Å²) in [5, 5.41) is 20.7. The monoisotopic (exact) mass is 259 g/mol. The minimum absolute atomic E-state index is 0.0295. The number of H-pyrrole nitrogens is 1. The Morgan fingerprint density at radius 2 is 2.06 bits per heavy atom. The van der Waals surface area contributed by atoms with Gasteiger partial charge in [-0.25, -0.2) is 0 Å². The van der Waals surface area contributed by atoms with Crippen molar-refractivity contribution in [1.82, 2.24) is 4.98 Å². The molecule has 0 radical (unpaired) electrons. The molecule has 0 saturated carbocycles. The third-order valence-corrected chi connectivity index (χ3v) is 3.16. The average Bonchev–Trinajstić information content (AvgIpc) is 2.72. The van der Waals surface area contributed by atoms with E-state index in [1.807, 2.05) is 12.1 Å². The van der Waals surface area contributed by atoms with E-state index in [-0.39, 0.29) is 5.88 Å². The Morgan fingerprint density at radius 3 is 2.75 bits per heavy atom. The van der Waals surface area contributed by atoms with Crippen LogP contribution in [0.3, 0.4) is 0 Å². The highest BCUT2D eigenvalue weighted by Gasteiger charge is 2.21. The van der Waals surface area contributed by atoms with Crippen molar-refractivity contribution in [3.63, 3.8) is 0 Å². The number of rotatable bonds is 3. The van der Waals surface area contributed by atoms with Crippen LogP contribution in [0.4, 0.5) is 0 Å². The molecule has 1 heterocycles. The maximum Gasteiger partial charge on any atom is 0.108 e. The first kappa shape index (κ1) is 11.7. The van der Waals surface area contributed by atoms with E-state index < -0.39 is 12.2 Å². The largest absolute Gasteiger partial charge is 0.389 e. The van der Waals surface area contributed by atoms with Crippen LogP contribution in [0.5, 0.6) is 0 Å². The van der Waals surface area contributed by atoms with Gasteiger partial charge in [-0.05, 0) is 12.1 Å². The summed E-state index contributed by atoms with van der Waals surface area (Å²) in [5.74, 6) is -0.0295. The number of aliphatic hydroxyl groups excluding tert-OH is 2. The molecule has 0 aliphatic heterocycles. The Hall–Kier alpha value is -0.740. The second kappa shape index (κ2) is 4.63. The van der Waals surface area contributed by atoms with Crippen LogP contribution in [-0.4, -0.2) is 27.2 Å². The fourth-order valence-corrected chi connectivity index (χ4v) is 2.14. The predicted octanol–water partition coefficient (Wildman–Crippen LogP) is 2.45. The smallest absolute Gasteiger partial charge is 0.108 e. The molecule has 0 spiro atoms. The zero-order valence-electron chi connectivity index (χ0n) is 8.32.